The van der Waals surface area contributed by atoms with E-state index in [1.807, 2.05) is 43.5 Å². The van der Waals surface area contributed by atoms with Gasteiger partial charge in [0.25, 0.3) is 5.56 Å². The van der Waals surface area contributed by atoms with E-state index in [1.165, 1.54) is 0 Å². The maximum atomic E-state index is 12.1. The SMILES string of the molecule is CC[Si](C)Nc1cc(OCc2ccccc2)cc(-c2cc(C)c(=O)n(C)c2)c1. The summed E-state index contributed by atoms with van der Waals surface area (Å²) >= 11 is 0. The molecular formula is C23H27N2O2Si. The molecule has 0 aliphatic carbocycles. The highest BCUT2D eigenvalue weighted by atomic mass is 28.3. The number of rotatable bonds is 7. The highest BCUT2D eigenvalue weighted by Crippen LogP contribution is 2.29. The summed E-state index contributed by atoms with van der Waals surface area (Å²) in [6, 6.07) is 19.5. The number of pyridine rings is 1. The van der Waals surface area contributed by atoms with Gasteiger partial charge in [0.1, 0.15) is 12.4 Å². The zero-order valence-electron chi connectivity index (χ0n) is 17.0. The van der Waals surface area contributed by atoms with Gasteiger partial charge >= 0.3 is 0 Å². The quantitative estimate of drug-likeness (QED) is 0.577. The monoisotopic (exact) mass is 391 g/mol. The summed E-state index contributed by atoms with van der Waals surface area (Å²) in [6.45, 7) is 6.84. The molecule has 3 aromatic rings. The third kappa shape index (κ3) is 4.92. The molecule has 5 heteroatoms. The minimum absolute atomic E-state index is 0.0311. The van der Waals surface area contributed by atoms with Gasteiger partial charge in [-0.25, -0.2) is 0 Å². The van der Waals surface area contributed by atoms with E-state index in [0.717, 1.165) is 39.7 Å². The van der Waals surface area contributed by atoms with Gasteiger partial charge in [-0.15, -0.1) is 0 Å². The summed E-state index contributed by atoms with van der Waals surface area (Å²) in [5.74, 6) is 0.821. The van der Waals surface area contributed by atoms with E-state index in [-0.39, 0.29) is 5.56 Å². The van der Waals surface area contributed by atoms with E-state index >= 15 is 0 Å². The zero-order chi connectivity index (χ0) is 20.1. The Kier molecular flexibility index (Phi) is 6.36. The first-order valence-electron chi connectivity index (χ1n) is 9.55. The minimum Gasteiger partial charge on any atom is -0.489 e. The van der Waals surface area contributed by atoms with Crippen LogP contribution >= 0.6 is 0 Å². The van der Waals surface area contributed by atoms with Crippen LogP contribution in [0.15, 0.2) is 65.6 Å². The Hall–Kier alpha value is -2.79. The van der Waals surface area contributed by atoms with Crippen molar-refractivity contribution in [1.82, 2.24) is 4.57 Å². The number of aryl methyl sites for hydroxylation is 2. The van der Waals surface area contributed by atoms with Crippen molar-refractivity contribution in [2.45, 2.75) is 33.0 Å². The minimum atomic E-state index is -0.645. The lowest BCUT2D eigenvalue weighted by Crippen LogP contribution is -2.19. The molecule has 0 aliphatic heterocycles. The van der Waals surface area contributed by atoms with Crippen LogP contribution in [0.25, 0.3) is 11.1 Å². The van der Waals surface area contributed by atoms with Crippen molar-refractivity contribution in [1.29, 1.82) is 0 Å². The lowest BCUT2D eigenvalue weighted by atomic mass is 10.0. The van der Waals surface area contributed by atoms with Crippen molar-refractivity contribution in [2.75, 3.05) is 4.98 Å². The second-order valence-corrected chi connectivity index (χ2v) is 9.62. The molecule has 0 bridgehead atoms. The van der Waals surface area contributed by atoms with Gasteiger partial charge in [-0.3, -0.25) is 4.79 Å². The highest BCUT2D eigenvalue weighted by Gasteiger charge is 2.10. The molecule has 0 atom stereocenters. The van der Waals surface area contributed by atoms with E-state index in [9.17, 15) is 4.79 Å². The molecule has 0 amide bonds. The lowest BCUT2D eigenvalue weighted by molar-refractivity contribution is 0.306. The Morgan fingerprint density at radius 3 is 2.50 bits per heavy atom. The molecule has 145 valence electrons. The molecule has 3 rings (SSSR count). The molecule has 4 nitrogen and oxygen atoms in total. The van der Waals surface area contributed by atoms with Crippen molar-refractivity contribution in [3.63, 3.8) is 0 Å². The van der Waals surface area contributed by atoms with Gasteiger partial charge in [0, 0.05) is 30.6 Å². The van der Waals surface area contributed by atoms with E-state index in [4.69, 9.17) is 4.74 Å². The van der Waals surface area contributed by atoms with E-state index in [0.29, 0.717) is 6.61 Å². The maximum Gasteiger partial charge on any atom is 0.253 e. The Balaban J connectivity index is 1.96. The van der Waals surface area contributed by atoms with Crippen LogP contribution in [0.2, 0.25) is 12.6 Å². The average molecular weight is 392 g/mol. The molecule has 1 radical (unpaired) electrons. The fourth-order valence-corrected chi connectivity index (χ4v) is 3.85. The van der Waals surface area contributed by atoms with Crippen LogP contribution < -0.4 is 15.3 Å². The molecule has 0 spiro atoms. The van der Waals surface area contributed by atoms with Crippen molar-refractivity contribution in [3.8, 4) is 16.9 Å². The summed E-state index contributed by atoms with van der Waals surface area (Å²) in [5, 5.41) is 0. The smallest absolute Gasteiger partial charge is 0.253 e. The largest absolute Gasteiger partial charge is 0.489 e. The Morgan fingerprint density at radius 2 is 1.82 bits per heavy atom. The Bertz CT molecular complexity index is 973. The molecule has 1 N–H and O–H groups in total. The van der Waals surface area contributed by atoms with E-state index in [1.54, 1.807) is 11.6 Å². The molecule has 0 aliphatic rings. The van der Waals surface area contributed by atoms with Gasteiger partial charge in [-0.05, 0) is 47.9 Å². The maximum absolute atomic E-state index is 12.1. The van der Waals surface area contributed by atoms with Gasteiger partial charge in [-0.1, -0.05) is 43.8 Å². The van der Waals surface area contributed by atoms with Crippen LogP contribution in [0.4, 0.5) is 5.69 Å². The van der Waals surface area contributed by atoms with Gasteiger partial charge in [-0.2, -0.15) is 0 Å². The molecule has 0 fully saturated rings. The molecule has 0 unspecified atom stereocenters. The molecule has 1 aromatic heterocycles. The third-order valence-electron chi connectivity index (χ3n) is 4.74. The summed E-state index contributed by atoms with van der Waals surface area (Å²) in [6.07, 6.45) is 1.88. The first-order chi connectivity index (χ1) is 13.5. The predicted molar refractivity (Wildman–Crippen MR) is 118 cm³/mol. The Labute approximate surface area is 168 Å². The van der Waals surface area contributed by atoms with Gasteiger partial charge in [0.05, 0.1) is 0 Å². The summed E-state index contributed by atoms with van der Waals surface area (Å²) in [4.78, 5) is 15.7. The van der Waals surface area contributed by atoms with Crippen LogP contribution in [-0.2, 0) is 13.7 Å². The molecule has 28 heavy (non-hydrogen) atoms. The van der Waals surface area contributed by atoms with Gasteiger partial charge < -0.3 is 14.3 Å². The molecule has 1 heterocycles. The van der Waals surface area contributed by atoms with Crippen LogP contribution in [0.5, 0.6) is 5.75 Å². The standard InChI is InChI=1S/C23H27N2O2Si/c1-5-28(4)24-21-12-19(20-11-17(2)23(26)25(3)15-20)13-22(14-21)27-16-18-9-7-6-8-10-18/h6-15,24H,5,16H2,1-4H3. The van der Waals surface area contributed by atoms with Crippen LogP contribution in [0.1, 0.15) is 18.1 Å². The van der Waals surface area contributed by atoms with Crippen molar-refractivity contribution >= 4 is 14.6 Å². The predicted octanol–water partition coefficient (Wildman–Crippen LogP) is 4.99. The first-order valence-corrected chi connectivity index (χ1v) is 11.8. The summed E-state index contributed by atoms with van der Waals surface area (Å²) in [5.41, 5.74) is 5.01. The van der Waals surface area contributed by atoms with Crippen molar-refractivity contribution < 1.29 is 4.74 Å². The molecule has 0 saturated heterocycles. The highest BCUT2D eigenvalue weighted by molar-refractivity contribution is 6.60. The van der Waals surface area contributed by atoms with Gasteiger partial charge in [0.2, 0.25) is 0 Å². The van der Waals surface area contributed by atoms with Crippen LogP contribution in [-0.4, -0.2) is 13.5 Å². The van der Waals surface area contributed by atoms with Crippen LogP contribution in [0.3, 0.4) is 0 Å². The first kappa shape index (κ1) is 20.0. The molecule has 0 saturated carbocycles. The Morgan fingerprint density at radius 1 is 1.07 bits per heavy atom. The number of nitrogens with zero attached hydrogens (tertiary/aromatic N) is 1. The number of nitrogens with one attached hydrogen (secondary N) is 1. The zero-order valence-corrected chi connectivity index (χ0v) is 18.0. The summed E-state index contributed by atoms with van der Waals surface area (Å²) < 4.78 is 7.73. The van der Waals surface area contributed by atoms with Crippen molar-refractivity contribution in [3.05, 3.63) is 82.3 Å². The van der Waals surface area contributed by atoms with Crippen LogP contribution in [0, 0.1) is 6.92 Å². The number of ether oxygens (including phenoxy) is 1. The molecule has 2 aromatic carbocycles. The topological polar surface area (TPSA) is 43.3 Å². The fourth-order valence-electron chi connectivity index (χ4n) is 3.03. The number of aromatic nitrogens is 1. The second kappa shape index (κ2) is 8.93. The van der Waals surface area contributed by atoms with Crippen molar-refractivity contribution in [2.24, 2.45) is 7.05 Å². The van der Waals surface area contributed by atoms with E-state index < -0.39 is 8.96 Å². The van der Waals surface area contributed by atoms with Gasteiger partial charge in [0.15, 0.2) is 8.96 Å². The second-order valence-electron chi connectivity index (χ2n) is 7.11. The number of hydrogen-bond donors (Lipinski definition) is 1. The number of benzene rings is 2. The summed E-state index contributed by atoms with van der Waals surface area (Å²) in [7, 11) is 1.14. The number of anilines is 1. The normalized spacial score (nSPS) is 10.9. The number of hydrogen-bond acceptors (Lipinski definition) is 3. The van der Waals surface area contributed by atoms with E-state index in [2.05, 4.69) is 42.7 Å². The fraction of sp³-hybridized carbons (Fsp3) is 0.261. The lowest BCUT2D eigenvalue weighted by Gasteiger charge is -2.16. The third-order valence-corrected chi connectivity index (χ3v) is 6.51. The average Bonchev–Trinajstić information content (AvgIpc) is 2.70. The molecular weight excluding hydrogens is 364 g/mol.